The number of nitrogens with two attached hydrogens (primary N) is 1. The Balaban J connectivity index is 3.24. The quantitative estimate of drug-likeness (QED) is 0.599. The van der Waals surface area contributed by atoms with Crippen LogP contribution in [0.5, 0.6) is 0 Å². The van der Waals surface area contributed by atoms with E-state index in [0.717, 1.165) is 4.90 Å². The molecule has 0 atom stereocenters. The zero-order valence-electron chi connectivity index (χ0n) is 6.26. The molecule has 60 valence electrons. The van der Waals surface area contributed by atoms with E-state index in [0.29, 0.717) is 6.54 Å². The molecule has 0 heterocycles. The fraction of sp³-hybridized carbons (Fsp3) is 0.250. The summed E-state index contributed by atoms with van der Waals surface area (Å²) in [7, 11) is 0. The van der Waals surface area contributed by atoms with E-state index in [2.05, 4.69) is 42.1 Å². The molecule has 0 bridgehead atoms. The summed E-state index contributed by atoms with van der Waals surface area (Å²) in [6.45, 7) is 2.67. The Morgan fingerprint density at radius 2 is 2.18 bits per heavy atom. The van der Waals surface area contributed by atoms with Crippen molar-refractivity contribution in [2.75, 3.05) is 0 Å². The number of thiol groups is 1. The van der Waals surface area contributed by atoms with Crippen molar-refractivity contribution < 1.29 is 0 Å². The lowest BCUT2D eigenvalue weighted by atomic mass is 10.1. The predicted octanol–water partition coefficient (Wildman–Crippen LogP) is 2.35. The van der Waals surface area contributed by atoms with Gasteiger partial charge in [-0.1, -0.05) is 0 Å². The molecule has 0 amide bonds. The molecule has 0 radical (unpaired) electrons. The predicted molar refractivity (Wildman–Crippen MR) is 59.0 cm³/mol. The molecule has 1 aromatic rings. The minimum absolute atomic E-state index is 0.593. The molecule has 0 aliphatic carbocycles. The lowest BCUT2D eigenvalue weighted by molar-refractivity contribution is 1.03. The van der Waals surface area contributed by atoms with E-state index in [9.17, 15) is 0 Å². The highest BCUT2D eigenvalue weighted by molar-refractivity contribution is 14.1. The van der Waals surface area contributed by atoms with Crippen LogP contribution in [-0.4, -0.2) is 0 Å². The molecule has 0 fully saturated rings. The maximum Gasteiger partial charge on any atom is 0.0181 e. The normalized spacial score (nSPS) is 10.2. The Labute approximate surface area is 85.9 Å². The van der Waals surface area contributed by atoms with E-state index < -0.39 is 0 Å². The molecular formula is C8H10INS. The zero-order chi connectivity index (χ0) is 8.43. The van der Waals surface area contributed by atoms with E-state index in [1.807, 2.05) is 12.1 Å². The summed E-state index contributed by atoms with van der Waals surface area (Å²) < 4.78 is 1.23. The summed E-state index contributed by atoms with van der Waals surface area (Å²) >= 11 is 6.56. The summed E-state index contributed by atoms with van der Waals surface area (Å²) in [5.74, 6) is 0. The average molecular weight is 279 g/mol. The van der Waals surface area contributed by atoms with Crippen LogP contribution < -0.4 is 5.73 Å². The van der Waals surface area contributed by atoms with Crippen molar-refractivity contribution in [2.45, 2.75) is 18.4 Å². The molecule has 0 saturated heterocycles. The van der Waals surface area contributed by atoms with Gasteiger partial charge in [0.25, 0.3) is 0 Å². The maximum absolute atomic E-state index is 5.55. The summed E-state index contributed by atoms with van der Waals surface area (Å²) in [5, 5.41) is 0. The van der Waals surface area contributed by atoms with Crippen LogP contribution in [0.1, 0.15) is 11.1 Å². The van der Waals surface area contributed by atoms with Gasteiger partial charge in [-0.25, -0.2) is 0 Å². The number of hydrogen-bond acceptors (Lipinski definition) is 2. The van der Waals surface area contributed by atoms with Gasteiger partial charge in [-0.15, -0.1) is 12.6 Å². The van der Waals surface area contributed by atoms with Gasteiger partial charge in [0.2, 0.25) is 0 Å². The third-order valence-corrected chi connectivity index (χ3v) is 3.04. The van der Waals surface area contributed by atoms with Gasteiger partial charge in [0.15, 0.2) is 0 Å². The second-order valence-electron chi connectivity index (χ2n) is 2.42. The van der Waals surface area contributed by atoms with Crippen LogP contribution in [-0.2, 0) is 6.54 Å². The van der Waals surface area contributed by atoms with Gasteiger partial charge in [0, 0.05) is 15.0 Å². The summed E-state index contributed by atoms with van der Waals surface area (Å²) in [4.78, 5) is 0.987. The molecule has 11 heavy (non-hydrogen) atoms. The molecule has 1 rings (SSSR count). The highest BCUT2D eigenvalue weighted by atomic mass is 127. The van der Waals surface area contributed by atoms with Gasteiger partial charge in [0.05, 0.1) is 0 Å². The first-order valence-corrected chi connectivity index (χ1v) is 4.86. The van der Waals surface area contributed by atoms with Gasteiger partial charge in [-0.3, -0.25) is 0 Å². The molecule has 0 aliphatic rings. The van der Waals surface area contributed by atoms with E-state index in [1.54, 1.807) is 0 Å². The van der Waals surface area contributed by atoms with Crippen molar-refractivity contribution in [1.29, 1.82) is 0 Å². The minimum Gasteiger partial charge on any atom is -0.326 e. The van der Waals surface area contributed by atoms with Gasteiger partial charge in [0.1, 0.15) is 0 Å². The van der Waals surface area contributed by atoms with E-state index in [1.165, 1.54) is 14.7 Å². The van der Waals surface area contributed by atoms with Crippen LogP contribution in [0.25, 0.3) is 0 Å². The molecule has 0 spiro atoms. The first-order chi connectivity index (χ1) is 5.15. The molecular weight excluding hydrogens is 269 g/mol. The molecule has 0 saturated carbocycles. The molecule has 2 N–H and O–H groups in total. The third kappa shape index (κ3) is 2.10. The summed E-state index contributed by atoms with van der Waals surface area (Å²) in [6.07, 6.45) is 0. The minimum atomic E-state index is 0.593. The lowest BCUT2D eigenvalue weighted by Crippen LogP contribution is -2.00. The number of hydrogen-bond donors (Lipinski definition) is 2. The summed E-state index contributed by atoms with van der Waals surface area (Å²) in [6, 6.07) is 4.05. The van der Waals surface area contributed by atoms with Gasteiger partial charge in [-0.2, -0.15) is 0 Å². The average Bonchev–Trinajstić information content (AvgIpc) is 1.96. The Bertz CT molecular complexity index is 273. The standard InChI is InChI=1S/C8H10INS/c1-5-6(4-10)2-7(11)3-8(5)9/h2-3,11H,4,10H2,1H3. The van der Waals surface area contributed by atoms with Crippen LogP contribution in [0.15, 0.2) is 17.0 Å². The van der Waals surface area contributed by atoms with Crippen molar-refractivity contribution in [1.82, 2.24) is 0 Å². The van der Waals surface area contributed by atoms with Gasteiger partial charge >= 0.3 is 0 Å². The Morgan fingerprint density at radius 1 is 1.55 bits per heavy atom. The van der Waals surface area contributed by atoms with E-state index >= 15 is 0 Å². The van der Waals surface area contributed by atoms with Crippen LogP contribution in [0, 0.1) is 10.5 Å². The maximum atomic E-state index is 5.55. The summed E-state index contributed by atoms with van der Waals surface area (Å²) in [5.41, 5.74) is 8.00. The van der Waals surface area contributed by atoms with Crippen molar-refractivity contribution in [3.63, 3.8) is 0 Å². The topological polar surface area (TPSA) is 26.0 Å². The van der Waals surface area contributed by atoms with E-state index in [4.69, 9.17) is 5.73 Å². The van der Waals surface area contributed by atoms with Crippen molar-refractivity contribution in [2.24, 2.45) is 5.73 Å². The van der Waals surface area contributed by atoms with Gasteiger partial charge < -0.3 is 5.73 Å². The largest absolute Gasteiger partial charge is 0.326 e. The number of rotatable bonds is 1. The Kier molecular flexibility index (Phi) is 3.21. The molecule has 1 nitrogen and oxygen atoms in total. The Hall–Kier alpha value is 0.260. The first-order valence-electron chi connectivity index (χ1n) is 3.33. The fourth-order valence-corrected chi connectivity index (χ4v) is 2.15. The molecule has 3 heteroatoms. The fourth-order valence-electron chi connectivity index (χ4n) is 0.932. The van der Waals surface area contributed by atoms with Crippen molar-refractivity contribution in [3.05, 3.63) is 26.8 Å². The highest BCUT2D eigenvalue weighted by Gasteiger charge is 2.01. The van der Waals surface area contributed by atoms with E-state index in [-0.39, 0.29) is 0 Å². The molecule has 0 unspecified atom stereocenters. The molecule has 0 aromatic heterocycles. The zero-order valence-corrected chi connectivity index (χ0v) is 9.32. The number of benzene rings is 1. The van der Waals surface area contributed by atoms with Crippen molar-refractivity contribution >= 4 is 35.2 Å². The molecule has 0 aliphatic heterocycles. The smallest absolute Gasteiger partial charge is 0.0181 e. The lowest BCUT2D eigenvalue weighted by Gasteiger charge is -2.05. The van der Waals surface area contributed by atoms with Crippen LogP contribution in [0.4, 0.5) is 0 Å². The second kappa shape index (κ2) is 3.78. The number of halogens is 1. The van der Waals surface area contributed by atoms with Crippen LogP contribution in [0.3, 0.4) is 0 Å². The second-order valence-corrected chi connectivity index (χ2v) is 4.09. The van der Waals surface area contributed by atoms with Crippen LogP contribution >= 0.6 is 35.2 Å². The Morgan fingerprint density at radius 3 is 2.73 bits per heavy atom. The van der Waals surface area contributed by atoms with Crippen LogP contribution in [0.2, 0.25) is 0 Å². The highest BCUT2D eigenvalue weighted by Crippen LogP contribution is 2.20. The van der Waals surface area contributed by atoms with Crippen molar-refractivity contribution in [3.8, 4) is 0 Å². The third-order valence-electron chi connectivity index (χ3n) is 1.66. The molecule has 1 aromatic carbocycles. The monoisotopic (exact) mass is 279 g/mol. The SMILES string of the molecule is Cc1c(I)cc(S)cc1CN. The first kappa shape index (κ1) is 9.35. The van der Waals surface area contributed by atoms with Gasteiger partial charge in [-0.05, 0) is 52.8 Å².